The van der Waals surface area contributed by atoms with Crippen molar-refractivity contribution in [2.75, 3.05) is 0 Å². The number of thioether (sulfide) groups is 2. The van der Waals surface area contributed by atoms with Crippen LogP contribution < -0.4 is 0 Å². The van der Waals surface area contributed by atoms with Crippen LogP contribution in [0, 0.1) is 0 Å². The minimum absolute atomic E-state index is 0.407. The molecule has 3 rings (SSSR count). The predicted octanol–water partition coefficient (Wildman–Crippen LogP) is 6.36. The van der Waals surface area contributed by atoms with Gasteiger partial charge in [0.05, 0.1) is 0 Å². The number of hydrogen-bond donors (Lipinski definition) is 2. The van der Waals surface area contributed by atoms with Gasteiger partial charge in [0, 0.05) is 33.1 Å². The van der Waals surface area contributed by atoms with Gasteiger partial charge in [-0.25, -0.2) is 0 Å². The van der Waals surface area contributed by atoms with Gasteiger partial charge in [-0.2, -0.15) is 23.5 Å². The summed E-state index contributed by atoms with van der Waals surface area (Å²) in [5.41, 5.74) is 2.06. The average Bonchev–Trinajstić information content (AvgIpc) is 2.63. The Labute approximate surface area is 165 Å². The molecule has 0 bridgehead atoms. The van der Waals surface area contributed by atoms with Gasteiger partial charge in [-0.3, -0.25) is 0 Å². The van der Waals surface area contributed by atoms with E-state index in [4.69, 9.17) is 0 Å². The Kier molecular flexibility index (Phi) is 7.63. The average molecular weight is 389 g/mol. The first kappa shape index (κ1) is 19.5. The molecular formula is C22H28O2S2. The lowest BCUT2D eigenvalue weighted by molar-refractivity contribution is 0.470. The van der Waals surface area contributed by atoms with E-state index in [1.807, 2.05) is 59.9 Å². The summed E-state index contributed by atoms with van der Waals surface area (Å²) in [5, 5.41) is 21.3. The molecule has 2 N–H and O–H groups in total. The quantitative estimate of drug-likeness (QED) is 0.604. The van der Waals surface area contributed by atoms with Gasteiger partial charge in [-0.05, 0) is 25.0 Å². The zero-order valence-corrected chi connectivity index (χ0v) is 16.8. The third kappa shape index (κ3) is 5.62. The summed E-state index contributed by atoms with van der Waals surface area (Å²) in [6.07, 6.45) is 7.76. The molecule has 0 heterocycles. The van der Waals surface area contributed by atoms with Crippen LogP contribution in [-0.4, -0.2) is 20.7 Å². The van der Waals surface area contributed by atoms with E-state index < -0.39 is 0 Å². The molecule has 0 aliphatic heterocycles. The maximum Gasteiger partial charge on any atom is 0.119 e. The third-order valence-corrected chi connectivity index (χ3v) is 8.14. The van der Waals surface area contributed by atoms with Crippen molar-refractivity contribution < 1.29 is 10.2 Å². The topological polar surface area (TPSA) is 40.5 Å². The minimum Gasteiger partial charge on any atom is -0.508 e. The van der Waals surface area contributed by atoms with Gasteiger partial charge < -0.3 is 10.2 Å². The molecule has 2 nitrogen and oxygen atoms in total. The lowest BCUT2D eigenvalue weighted by Gasteiger charge is -2.29. The van der Waals surface area contributed by atoms with E-state index in [1.54, 1.807) is 12.1 Å². The highest BCUT2D eigenvalue weighted by Gasteiger charge is 2.24. The Balaban J connectivity index is 1.63. The molecule has 1 saturated carbocycles. The molecule has 2 aromatic rings. The van der Waals surface area contributed by atoms with E-state index in [9.17, 15) is 10.2 Å². The van der Waals surface area contributed by atoms with E-state index in [-0.39, 0.29) is 0 Å². The molecule has 4 heteroatoms. The molecule has 0 amide bonds. The summed E-state index contributed by atoms with van der Waals surface area (Å²) in [4.78, 5) is 0. The first-order chi connectivity index (χ1) is 12.7. The van der Waals surface area contributed by atoms with Crippen molar-refractivity contribution in [2.24, 2.45) is 0 Å². The Morgan fingerprint density at radius 2 is 1.08 bits per heavy atom. The Bertz CT molecular complexity index is 630. The van der Waals surface area contributed by atoms with E-state index in [2.05, 4.69) is 0 Å². The largest absolute Gasteiger partial charge is 0.508 e. The molecule has 140 valence electrons. The minimum atomic E-state index is 0.407. The van der Waals surface area contributed by atoms with E-state index in [0.717, 1.165) is 22.6 Å². The zero-order chi connectivity index (χ0) is 18.2. The van der Waals surface area contributed by atoms with Crippen LogP contribution in [0.1, 0.15) is 49.7 Å². The Morgan fingerprint density at radius 1 is 0.654 bits per heavy atom. The number of rotatable bonds is 6. The van der Waals surface area contributed by atoms with E-state index in [1.165, 1.54) is 38.5 Å². The normalized spacial score (nSPS) is 21.1. The fraction of sp³-hybridized carbons (Fsp3) is 0.455. The monoisotopic (exact) mass is 388 g/mol. The van der Waals surface area contributed by atoms with E-state index in [0.29, 0.717) is 22.0 Å². The number of hydrogen-bond acceptors (Lipinski definition) is 4. The highest BCUT2D eigenvalue weighted by Crippen LogP contribution is 2.38. The summed E-state index contributed by atoms with van der Waals surface area (Å²) in [6.45, 7) is 0. The van der Waals surface area contributed by atoms with Gasteiger partial charge in [-0.1, -0.05) is 62.1 Å². The van der Waals surface area contributed by atoms with Gasteiger partial charge in [-0.15, -0.1) is 0 Å². The zero-order valence-electron chi connectivity index (χ0n) is 15.1. The number of benzene rings is 2. The Hall–Kier alpha value is -1.26. The molecule has 0 saturated heterocycles. The second-order valence-electron chi connectivity index (χ2n) is 6.95. The van der Waals surface area contributed by atoms with Gasteiger partial charge >= 0.3 is 0 Å². The summed E-state index contributed by atoms with van der Waals surface area (Å²) in [7, 11) is 0. The molecule has 0 spiro atoms. The smallest absolute Gasteiger partial charge is 0.119 e. The van der Waals surface area contributed by atoms with Crippen LogP contribution in [-0.2, 0) is 11.5 Å². The molecule has 2 aromatic carbocycles. The summed E-state index contributed by atoms with van der Waals surface area (Å²) in [6, 6.07) is 15.4. The third-order valence-electron chi connectivity index (χ3n) is 5.03. The van der Waals surface area contributed by atoms with Crippen molar-refractivity contribution in [3.8, 4) is 11.5 Å². The van der Waals surface area contributed by atoms with Crippen LogP contribution in [0.3, 0.4) is 0 Å². The predicted molar refractivity (Wildman–Crippen MR) is 114 cm³/mol. The van der Waals surface area contributed by atoms with Crippen LogP contribution in [0.4, 0.5) is 0 Å². The first-order valence-corrected chi connectivity index (χ1v) is 11.6. The van der Waals surface area contributed by atoms with Crippen LogP contribution in [0.2, 0.25) is 0 Å². The van der Waals surface area contributed by atoms with Crippen LogP contribution >= 0.6 is 23.5 Å². The summed E-state index contributed by atoms with van der Waals surface area (Å²) in [5.74, 6) is 2.55. The van der Waals surface area contributed by atoms with Gasteiger partial charge in [0.1, 0.15) is 11.5 Å². The van der Waals surface area contributed by atoms with Crippen LogP contribution in [0.5, 0.6) is 11.5 Å². The maximum absolute atomic E-state index is 10.0. The van der Waals surface area contributed by atoms with Crippen molar-refractivity contribution in [3.63, 3.8) is 0 Å². The summed E-state index contributed by atoms with van der Waals surface area (Å²) < 4.78 is 0. The number of aromatic hydroxyl groups is 2. The van der Waals surface area contributed by atoms with Crippen molar-refractivity contribution in [3.05, 3.63) is 59.7 Å². The second-order valence-corrected chi connectivity index (χ2v) is 9.40. The lowest BCUT2D eigenvalue weighted by atomic mass is 10.00. The van der Waals surface area contributed by atoms with Gasteiger partial charge in [0.15, 0.2) is 0 Å². The van der Waals surface area contributed by atoms with Crippen LogP contribution in [0.15, 0.2) is 48.5 Å². The highest BCUT2D eigenvalue weighted by atomic mass is 32.2. The molecular weight excluding hydrogens is 360 g/mol. The van der Waals surface area contributed by atoms with Gasteiger partial charge in [0.25, 0.3) is 0 Å². The first-order valence-electron chi connectivity index (χ1n) is 9.51. The second kappa shape index (κ2) is 10.2. The van der Waals surface area contributed by atoms with E-state index >= 15 is 0 Å². The van der Waals surface area contributed by atoms with Gasteiger partial charge in [0.2, 0.25) is 0 Å². The molecule has 1 aliphatic carbocycles. The van der Waals surface area contributed by atoms with Crippen molar-refractivity contribution >= 4 is 23.5 Å². The van der Waals surface area contributed by atoms with Crippen molar-refractivity contribution in [2.45, 2.75) is 60.5 Å². The fourth-order valence-corrected chi connectivity index (χ4v) is 6.57. The fourth-order valence-electron chi connectivity index (χ4n) is 3.46. The number of para-hydroxylation sites is 2. The summed E-state index contributed by atoms with van der Waals surface area (Å²) >= 11 is 3.98. The number of phenols is 2. The highest BCUT2D eigenvalue weighted by molar-refractivity contribution is 8.03. The molecule has 0 aromatic heterocycles. The lowest BCUT2D eigenvalue weighted by Crippen LogP contribution is -2.22. The number of phenolic OH excluding ortho intramolecular Hbond substituents is 2. The molecule has 2 atom stereocenters. The molecule has 0 radical (unpaired) electrons. The molecule has 1 aliphatic rings. The SMILES string of the molecule is Oc1ccccc1CS[C@H]1CCCCCC[C@@H]1SCc1ccccc1O. The van der Waals surface area contributed by atoms with Crippen molar-refractivity contribution in [1.29, 1.82) is 0 Å². The molecule has 0 unspecified atom stereocenters. The molecule has 1 fully saturated rings. The maximum atomic E-state index is 10.0. The Morgan fingerprint density at radius 3 is 1.50 bits per heavy atom. The molecule has 26 heavy (non-hydrogen) atoms. The van der Waals surface area contributed by atoms with Crippen LogP contribution in [0.25, 0.3) is 0 Å². The van der Waals surface area contributed by atoms with Crippen molar-refractivity contribution in [1.82, 2.24) is 0 Å². The standard InChI is InChI=1S/C22H28O2S2/c23-19-11-7-5-9-17(19)15-25-21-13-3-1-2-4-14-22(21)26-16-18-10-6-8-12-20(18)24/h5-12,21-24H,1-4,13-16H2/t21-,22-/m0/s1.